The number of nitriles is 1. The first-order valence-electron chi connectivity index (χ1n) is 5.18. The van der Waals surface area contributed by atoms with Crippen LogP contribution in [-0.4, -0.2) is 17.7 Å². The lowest BCUT2D eigenvalue weighted by molar-refractivity contribution is 0.194. The molecule has 4 nitrogen and oxygen atoms in total. The van der Waals surface area contributed by atoms with Crippen LogP contribution in [0.5, 0.6) is 0 Å². The van der Waals surface area contributed by atoms with Gasteiger partial charge in [-0.2, -0.15) is 5.26 Å². The number of benzene rings is 1. The van der Waals surface area contributed by atoms with Gasteiger partial charge in [0, 0.05) is 6.54 Å². The first-order valence-corrected chi connectivity index (χ1v) is 5.18. The average molecular weight is 218 g/mol. The molecule has 0 radical (unpaired) electrons. The first kappa shape index (κ1) is 12.1. The molecular formula is C12H14N2O2. The summed E-state index contributed by atoms with van der Waals surface area (Å²) in [5.41, 5.74) is 1.79. The smallest absolute Gasteiger partial charge is 0.404 e. The van der Waals surface area contributed by atoms with Crippen molar-refractivity contribution in [2.24, 2.45) is 0 Å². The van der Waals surface area contributed by atoms with Crippen LogP contribution in [0.15, 0.2) is 24.3 Å². The van der Waals surface area contributed by atoms with Crippen LogP contribution in [-0.2, 0) is 6.42 Å². The lowest BCUT2D eigenvalue weighted by atomic mass is 10.1. The van der Waals surface area contributed by atoms with Gasteiger partial charge in [0.05, 0.1) is 11.6 Å². The predicted octanol–water partition coefficient (Wildman–Crippen LogP) is 2.15. The summed E-state index contributed by atoms with van der Waals surface area (Å²) in [6, 6.07) is 9.57. The second kappa shape index (κ2) is 6.46. The summed E-state index contributed by atoms with van der Waals surface area (Å²) in [4.78, 5) is 10.2. The molecule has 0 heterocycles. The van der Waals surface area contributed by atoms with Crippen LogP contribution >= 0.6 is 0 Å². The van der Waals surface area contributed by atoms with E-state index in [4.69, 9.17) is 10.4 Å². The molecule has 0 aliphatic heterocycles. The third kappa shape index (κ3) is 4.47. The quantitative estimate of drug-likeness (QED) is 0.744. The van der Waals surface area contributed by atoms with Crippen LogP contribution in [0, 0.1) is 11.3 Å². The van der Waals surface area contributed by atoms with Gasteiger partial charge in [0.25, 0.3) is 0 Å². The van der Waals surface area contributed by atoms with E-state index in [-0.39, 0.29) is 0 Å². The van der Waals surface area contributed by atoms with Crippen LogP contribution in [0.3, 0.4) is 0 Å². The van der Waals surface area contributed by atoms with Crippen molar-refractivity contribution in [2.45, 2.75) is 19.3 Å². The van der Waals surface area contributed by atoms with Crippen molar-refractivity contribution in [3.63, 3.8) is 0 Å². The maximum atomic E-state index is 10.2. The van der Waals surface area contributed by atoms with Gasteiger partial charge >= 0.3 is 6.09 Å². The fraction of sp³-hybridized carbons (Fsp3) is 0.333. The van der Waals surface area contributed by atoms with Crippen LogP contribution in [0.4, 0.5) is 4.79 Å². The molecule has 0 saturated carbocycles. The minimum atomic E-state index is -0.980. The zero-order valence-electron chi connectivity index (χ0n) is 8.94. The van der Waals surface area contributed by atoms with Gasteiger partial charge < -0.3 is 10.4 Å². The molecule has 84 valence electrons. The number of unbranched alkanes of at least 4 members (excludes halogenated alkanes) is 1. The van der Waals surface area contributed by atoms with E-state index in [0.29, 0.717) is 12.1 Å². The van der Waals surface area contributed by atoms with Gasteiger partial charge in [-0.25, -0.2) is 4.79 Å². The van der Waals surface area contributed by atoms with E-state index in [1.165, 1.54) is 0 Å². The zero-order valence-corrected chi connectivity index (χ0v) is 8.94. The summed E-state index contributed by atoms with van der Waals surface area (Å²) in [5.74, 6) is 0. The molecule has 4 heteroatoms. The van der Waals surface area contributed by atoms with E-state index in [1.54, 1.807) is 6.07 Å². The van der Waals surface area contributed by atoms with E-state index in [2.05, 4.69) is 11.4 Å². The van der Waals surface area contributed by atoms with Crippen molar-refractivity contribution in [2.75, 3.05) is 6.54 Å². The molecule has 2 N–H and O–H groups in total. The number of aryl methyl sites for hydroxylation is 1. The maximum absolute atomic E-state index is 10.2. The number of rotatable bonds is 5. The van der Waals surface area contributed by atoms with Crippen molar-refractivity contribution in [1.29, 1.82) is 5.26 Å². The van der Waals surface area contributed by atoms with Gasteiger partial charge in [0.15, 0.2) is 0 Å². The predicted molar refractivity (Wildman–Crippen MR) is 60.1 cm³/mol. The molecule has 0 spiro atoms. The Morgan fingerprint density at radius 3 is 2.94 bits per heavy atom. The molecule has 16 heavy (non-hydrogen) atoms. The van der Waals surface area contributed by atoms with E-state index < -0.39 is 6.09 Å². The van der Waals surface area contributed by atoms with Crippen molar-refractivity contribution in [3.8, 4) is 6.07 Å². The molecule has 1 amide bonds. The Kier molecular flexibility index (Phi) is 4.87. The largest absolute Gasteiger partial charge is 0.465 e. The molecule has 0 aliphatic carbocycles. The zero-order chi connectivity index (χ0) is 11.8. The van der Waals surface area contributed by atoms with Gasteiger partial charge in [-0.15, -0.1) is 0 Å². The van der Waals surface area contributed by atoms with Crippen LogP contribution in [0.25, 0.3) is 0 Å². The van der Waals surface area contributed by atoms with Crippen molar-refractivity contribution in [3.05, 3.63) is 35.4 Å². The van der Waals surface area contributed by atoms with Crippen molar-refractivity contribution >= 4 is 6.09 Å². The fourth-order valence-corrected chi connectivity index (χ4v) is 1.45. The minimum absolute atomic E-state index is 0.479. The van der Waals surface area contributed by atoms with Gasteiger partial charge in [0.2, 0.25) is 0 Å². The van der Waals surface area contributed by atoms with E-state index in [1.807, 2.05) is 18.2 Å². The maximum Gasteiger partial charge on any atom is 0.404 e. The van der Waals surface area contributed by atoms with E-state index in [9.17, 15) is 4.79 Å². The second-order valence-corrected chi connectivity index (χ2v) is 3.50. The third-order valence-corrected chi connectivity index (χ3v) is 2.22. The molecule has 0 aromatic heterocycles. The topological polar surface area (TPSA) is 73.1 Å². The van der Waals surface area contributed by atoms with E-state index in [0.717, 1.165) is 24.8 Å². The summed E-state index contributed by atoms with van der Waals surface area (Å²) < 4.78 is 0. The molecule has 1 rings (SSSR count). The highest BCUT2D eigenvalue weighted by Gasteiger charge is 1.97. The van der Waals surface area contributed by atoms with Crippen molar-refractivity contribution < 1.29 is 9.90 Å². The molecule has 0 bridgehead atoms. The molecule has 0 unspecified atom stereocenters. The number of nitrogens with one attached hydrogen (secondary N) is 1. The highest BCUT2D eigenvalue weighted by Crippen LogP contribution is 2.07. The number of hydrogen-bond acceptors (Lipinski definition) is 2. The molecule has 0 aliphatic rings. The minimum Gasteiger partial charge on any atom is -0.465 e. The summed E-state index contributed by atoms with van der Waals surface area (Å²) in [6.07, 6.45) is 1.61. The van der Waals surface area contributed by atoms with Gasteiger partial charge in [-0.1, -0.05) is 12.1 Å². The first-order chi connectivity index (χ1) is 7.72. The lowest BCUT2D eigenvalue weighted by Gasteiger charge is -2.02. The second-order valence-electron chi connectivity index (χ2n) is 3.50. The normalized spacial score (nSPS) is 9.44. The van der Waals surface area contributed by atoms with Crippen molar-refractivity contribution in [1.82, 2.24) is 5.32 Å². The molecular weight excluding hydrogens is 204 g/mol. The Labute approximate surface area is 94.5 Å². The molecule has 0 saturated heterocycles. The van der Waals surface area contributed by atoms with Crippen LogP contribution in [0.1, 0.15) is 24.0 Å². The number of hydrogen-bond donors (Lipinski definition) is 2. The van der Waals surface area contributed by atoms with Crippen LogP contribution < -0.4 is 5.32 Å². The SMILES string of the molecule is N#Cc1cccc(CCCCNC(=O)O)c1. The molecule has 1 aromatic rings. The Hall–Kier alpha value is -2.02. The Morgan fingerprint density at radius 2 is 2.25 bits per heavy atom. The van der Waals surface area contributed by atoms with Crippen LogP contribution in [0.2, 0.25) is 0 Å². The molecule has 0 fully saturated rings. The Bertz CT molecular complexity index is 396. The molecule has 0 atom stereocenters. The standard InChI is InChI=1S/C12H14N2O2/c13-9-11-6-3-5-10(8-11)4-1-2-7-14-12(15)16/h3,5-6,8,14H,1-2,4,7H2,(H,15,16). The summed E-state index contributed by atoms with van der Waals surface area (Å²) in [7, 11) is 0. The monoisotopic (exact) mass is 218 g/mol. The average Bonchev–Trinajstić information content (AvgIpc) is 2.28. The number of carboxylic acid groups (broad SMARTS) is 1. The Morgan fingerprint density at radius 1 is 1.44 bits per heavy atom. The van der Waals surface area contributed by atoms with E-state index >= 15 is 0 Å². The summed E-state index contributed by atoms with van der Waals surface area (Å²) >= 11 is 0. The molecule has 1 aromatic carbocycles. The number of nitrogens with zero attached hydrogens (tertiary/aromatic N) is 1. The lowest BCUT2D eigenvalue weighted by Crippen LogP contribution is -2.21. The van der Waals surface area contributed by atoms with Gasteiger partial charge in [-0.3, -0.25) is 0 Å². The highest BCUT2D eigenvalue weighted by atomic mass is 16.4. The fourth-order valence-electron chi connectivity index (χ4n) is 1.45. The van der Waals surface area contributed by atoms with Gasteiger partial charge in [-0.05, 0) is 37.0 Å². The summed E-state index contributed by atoms with van der Waals surface area (Å²) in [5, 5.41) is 19.4. The third-order valence-electron chi connectivity index (χ3n) is 2.22. The highest BCUT2D eigenvalue weighted by molar-refractivity contribution is 5.64. The number of amides is 1. The van der Waals surface area contributed by atoms with Gasteiger partial charge in [0.1, 0.15) is 0 Å². The summed E-state index contributed by atoms with van der Waals surface area (Å²) in [6.45, 7) is 0.479. The Balaban J connectivity index is 2.27. The number of carbonyl (C=O) groups is 1.